The fourth-order valence-corrected chi connectivity index (χ4v) is 4.71. The first-order valence-corrected chi connectivity index (χ1v) is 10.2. The van der Waals surface area contributed by atoms with Gasteiger partial charge in [-0.25, -0.2) is 4.98 Å². The Morgan fingerprint density at radius 3 is 2.84 bits per heavy atom. The van der Waals surface area contributed by atoms with Crippen molar-refractivity contribution in [2.75, 3.05) is 26.7 Å². The zero-order chi connectivity index (χ0) is 20.0. The largest absolute Gasteiger partial charge is 0.340 e. The molecule has 4 heterocycles. The summed E-state index contributed by atoms with van der Waals surface area (Å²) in [7, 11) is 1.75. The number of likely N-dealkylation sites (N-methyl/N-ethyl adjacent to an activating group) is 1. The van der Waals surface area contributed by atoms with Crippen LogP contribution in [0.4, 0.5) is 0 Å². The summed E-state index contributed by atoms with van der Waals surface area (Å²) < 4.78 is 3.87. The van der Waals surface area contributed by atoms with Crippen LogP contribution >= 0.6 is 24.8 Å². The first-order valence-electron chi connectivity index (χ1n) is 10.2. The highest BCUT2D eigenvalue weighted by Gasteiger charge is 2.32. The van der Waals surface area contributed by atoms with Gasteiger partial charge in [0.2, 0.25) is 0 Å². The van der Waals surface area contributed by atoms with Crippen molar-refractivity contribution >= 4 is 41.8 Å². The van der Waals surface area contributed by atoms with Gasteiger partial charge in [0.05, 0.1) is 17.4 Å². The standard InChI is InChI=1S/C22H25N5O2.2ClH/c1-25(8-9-26-14-24-18-4-2-3-5-20(18)26)21(28)17-6-7-19-16-10-15(11-23-12-16)13-27(19)22(17)29;;/h2-7,14-16,23H,8-13H2,1H3;2*1H/t15-,16+;;/m0../s1. The van der Waals surface area contributed by atoms with Crippen molar-refractivity contribution in [1.82, 2.24) is 24.3 Å². The Kier molecular flexibility index (Phi) is 7.09. The minimum Gasteiger partial charge on any atom is -0.340 e. The Labute approximate surface area is 193 Å². The number of aromatic nitrogens is 3. The second-order valence-corrected chi connectivity index (χ2v) is 8.20. The molecule has 1 N–H and O–H groups in total. The van der Waals surface area contributed by atoms with E-state index in [1.807, 2.05) is 39.5 Å². The molecule has 0 radical (unpaired) electrons. The zero-order valence-corrected chi connectivity index (χ0v) is 19.0. The van der Waals surface area contributed by atoms with E-state index in [4.69, 9.17) is 0 Å². The molecule has 0 aliphatic carbocycles. The van der Waals surface area contributed by atoms with Crippen molar-refractivity contribution in [3.8, 4) is 0 Å². The number of carbonyl (C=O) groups is 1. The van der Waals surface area contributed by atoms with Gasteiger partial charge in [-0.1, -0.05) is 12.1 Å². The van der Waals surface area contributed by atoms with Crippen LogP contribution in [0.1, 0.15) is 28.4 Å². The summed E-state index contributed by atoms with van der Waals surface area (Å²) in [5.74, 6) is 0.617. The number of imidazole rings is 1. The third-order valence-corrected chi connectivity index (χ3v) is 6.29. The van der Waals surface area contributed by atoms with Crippen LogP contribution < -0.4 is 10.9 Å². The molecule has 2 aliphatic heterocycles. The number of para-hydroxylation sites is 2. The second kappa shape index (κ2) is 9.42. The number of nitrogens with one attached hydrogen (secondary N) is 1. The Balaban J connectivity index is 0.00000136. The van der Waals surface area contributed by atoms with Gasteiger partial charge in [0, 0.05) is 44.8 Å². The van der Waals surface area contributed by atoms with E-state index in [0.717, 1.165) is 36.2 Å². The molecule has 3 aromatic rings. The van der Waals surface area contributed by atoms with E-state index >= 15 is 0 Å². The van der Waals surface area contributed by atoms with Crippen molar-refractivity contribution in [2.24, 2.45) is 5.92 Å². The minimum absolute atomic E-state index is 0. The van der Waals surface area contributed by atoms with Gasteiger partial charge in [0.25, 0.3) is 11.5 Å². The van der Waals surface area contributed by atoms with Crippen molar-refractivity contribution in [2.45, 2.75) is 25.4 Å². The molecule has 0 saturated carbocycles. The molecule has 2 aromatic heterocycles. The zero-order valence-electron chi connectivity index (χ0n) is 17.4. The molecule has 2 atom stereocenters. The third-order valence-electron chi connectivity index (χ3n) is 6.29. The molecule has 1 saturated heterocycles. The number of pyridine rings is 1. The van der Waals surface area contributed by atoms with Crippen LogP contribution in [0.25, 0.3) is 11.0 Å². The molecule has 1 fully saturated rings. The van der Waals surface area contributed by atoms with Gasteiger partial charge in [-0.3, -0.25) is 9.59 Å². The van der Waals surface area contributed by atoms with Crippen LogP contribution in [0.2, 0.25) is 0 Å². The lowest BCUT2D eigenvalue weighted by Gasteiger charge is -2.37. The van der Waals surface area contributed by atoms with Gasteiger partial charge in [-0.2, -0.15) is 0 Å². The van der Waals surface area contributed by atoms with Crippen LogP contribution in [-0.2, 0) is 13.1 Å². The molecular weight excluding hydrogens is 437 g/mol. The maximum absolute atomic E-state index is 13.1. The topological polar surface area (TPSA) is 72.2 Å². The predicted octanol–water partition coefficient (Wildman–Crippen LogP) is 2.52. The van der Waals surface area contributed by atoms with Crippen LogP contribution in [0.5, 0.6) is 0 Å². The van der Waals surface area contributed by atoms with Gasteiger partial charge in [-0.05, 0) is 43.1 Å². The maximum atomic E-state index is 13.1. The van der Waals surface area contributed by atoms with E-state index in [1.165, 1.54) is 0 Å². The molecule has 1 aromatic carbocycles. The van der Waals surface area contributed by atoms with Gasteiger partial charge in [0.15, 0.2) is 0 Å². The molecule has 2 bridgehead atoms. The third kappa shape index (κ3) is 4.22. The highest BCUT2D eigenvalue weighted by Crippen LogP contribution is 2.31. The van der Waals surface area contributed by atoms with Crippen molar-refractivity contribution in [1.29, 1.82) is 0 Å². The fourth-order valence-electron chi connectivity index (χ4n) is 4.71. The molecule has 5 rings (SSSR count). The Hall–Kier alpha value is -2.35. The summed E-state index contributed by atoms with van der Waals surface area (Å²) in [5.41, 5.74) is 3.16. The summed E-state index contributed by atoms with van der Waals surface area (Å²) >= 11 is 0. The van der Waals surface area contributed by atoms with E-state index in [-0.39, 0.29) is 41.8 Å². The van der Waals surface area contributed by atoms with Crippen LogP contribution in [0, 0.1) is 5.92 Å². The molecule has 2 aliphatic rings. The number of amides is 1. The lowest BCUT2D eigenvalue weighted by atomic mass is 9.84. The highest BCUT2D eigenvalue weighted by atomic mass is 35.5. The summed E-state index contributed by atoms with van der Waals surface area (Å²) in [6, 6.07) is 11.6. The number of fused-ring (bicyclic) bond motifs is 5. The molecule has 0 spiro atoms. The molecule has 1 amide bonds. The average molecular weight is 464 g/mol. The van der Waals surface area contributed by atoms with Crippen molar-refractivity contribution in [3.63, 3.8) is 0 Å². The summed E-state index contributed by atoms with van der Waals surface area (Å²) in [4.78, 5) is 32.1. The molecule has 31 heavy (non-hydrogen) atoms. The van der Waals surface area contributed by atoms with Crippen LogP contribution in [-0.4, -0.2) is 51.6 Å². The molecule has 166 valence electrons. The van der Waals surface area contributed by atoms with E-state index < -0.39 is 0 Å². The van der Waals surface area contributed by atoms with E-state index in [1.54, 1.807) is 24.3 Å². The number of carbonyl (C=O) groups excluding carboxylic acids is 1. The smallest absolute Gasteiger partial charge is 0.263 e. The number of halogens is 2. The number of hydrogen-bond donors (Lipinski definition) is 1. The number of nitrogens with zero attached hydrogens (tertiary/aromatic N) is 4. The fraction of sp³-hybridized carbons (Fsp3) is 0.409. The first kappa shape index (κ1) is 23.3. The van der Waals surface area contributed by atoms with Gasteiger partial charge >= 0.3 is 0 Å². The maximum Gasteiger partial charge on any atom is 0.263 e. The number of piperidine rings is 1. The predicted molar refractivity (Wildman–Crippen MR) is 126 cm³/mol. The van der Waals surface area contributed by atoms with Crippen molar-refractivity contribution < 1.29 is 4.79 Å². The summed E-state index contributed by atoms with van der Waals surface area (Å²) in [6.07, 6.45) is 2.92. The van der Waals surface area contributed by atoms with Crippen LogP contribution in [0.15, 0.2) is 47.5 Å². The van der Waals surface area contributed by atoms with E-state index in [2.05, 4.69) is 10.3 Å². The number of rotatable bonds is 4. The quantitative estimate of drug-likeness (QED) is 0.644. The van der Waals surface area contributed by atoms with Gasteiger partial charge in [-0.15, -0.1) is 24.8 Å². The average Bonchev–Trinajstić information content (AvgIpc) is 3.16. The molecular formula is C22H27Cl2N5O2. The number of benzene rings is 1. The normalized spacial score (nSPS) is 19.1. The van der Waals surface area contributed by atoms with E-state index in [9.17, 15) is 9.59 Å². The molecule has 9 heteroatoms. The molecule has 7 nitrogen and oxygen atoms in total. The Bertz CT molecular complexity index is 1140. The first-order chi connectivity index (χ1) is 14.1. The van der Waals surface area contributed by atoms with Crippen LogP contribution in [0.3, 0.4) is 0 Å². The lowest BCUT2D eigenvalue weighted by molar-refractivity contribution is 0.0787. The van der Waals surface area contributed by atoms with E-state index in [0.29, 0.717) is 31.5 Å². The monoisotopic (exact) mass is 463 g/mol. The highest BCUT2D eigenvalue weighted by molar-refractivity contribution is 5.93. The molecule has 0 unspecified atom stereocenters. The number of hydrogen-bond acceptors (Lipinski definition) is 4. The summed E-state index contributed by atoms with van der Waals surface area (Å²) in [6.45, 7) is 3.69. The SMILES string of the molecule is CN(CCn1cnc2ccccc21)C(=O)c1ccc2n(c1=O)C[C@@H]1CNC[C@H]2C1.Cl.Cl. The van der Waals surface area contributed by atoms with Gasteiger partial charge in [0.1, 0.15) is 5.56 Å². The second-order valence-electron chi connectivity index (χ2n) is 8.20. The Morgan fingerprint density at radius 1 is 1.19 bits per heavy atom. The minimum atomic E-state index is -0.219. The summed E-state index contributed by atoms with van der Waals surface area (Å²) in [5, 5.41) is 3.45. The Morgan fingerprint density at radius 2 is 2.00 bits per heavy atom. The van der Waals surface area contributed by atoms with Crippen molar-refractivity contribution in [3.05, 3.63) is 64.3 Å². The van der Waals surface area contributed by atoms with Gasteiger partial charge < -0.3 is 19.4 Å². The lowest BCUT2D eigenvalue weighted by Crippen LogP contribution is -2.46.